The van der Waals surface area contributed by atoms with Crippen molar-refractivity contribution in [2.75, 3.05) is 11.5 Å². The van der Waals surface area contributed by atoms with E-state index in [1.165, 1.54) is 12.4 Å². The van der Waals surface area contributed by atoms with Gasteiger partial charge in [-0.15, -0.1) is 0 Å². The van der Waals surface area contributed by atoms with Crippen molar-refractivity contribution in [2.45, 2.75) is 25.8 Å². The number of nitrogens with two attached hydrogens (primary N) is 1. The molecule has 0 unspecified atom stereocenters. The summed E-state index contributed by atoms with van der Waals surface area (Å²) in [6.45, 7) is 0.0438. The van der Waals surface area contributed by atoms with Crippen LogP contribution in [0.15, 0.2) is 36.8 Å². The Morgan fingerprint density at radius 1 is 1.23 bits per heavy atom. The Morgan fingerprint density at radius 3 is 2.77 bits per heavy atom. The van der Waals surface area contributed by atoms with E-state index in [1.54, 1.807) is 17.2 Å². The number of fused-ring (bicyclic) bond motifs is 2. The van der Waals surface area contributed by atoms with Gasteiger partial charge >= 0.3 is 0 Å². The summed E-state index contributed by atoms with van der Waals surface area (Å²) in [5.74, 6) is 0.713. The van der Waals surface area contributed by atoms with Crippen LogP contribution in [-0.2, 0) is 17.8 Å². The molecule has 0 saturated heterocycles. The molecule has 0 atom stereocenters. The summed E-state index contributed by atoms with van der Waals surface area (Å²) in [6.07, 6.45) is 7.53. The quantitative estimate of drug-likeness (QED) is 0.424. The molecule has 0 bridgehead atoms. The van der Waals surface area contributed by atoms with Crippen molar-refractivity contribution >= 4 is 40.1 Å². The van der Waals surface area contributed by atoms with Crippen LogP contribution in [0.2, 0.25) is 5.02 Å². The van der Waals surface area contributed by atoms with Crippen molar-refractivity contribution < 1.29 is 14.3 Å². The summed E-state index contributed by atoms with van der Waals surface area (Å²) in [4.78, 5) is 39.9. The summed E-state index contributed by atoms with van der Waals surface area (Å²) < 4.78 is 5.78. The summed E-state index contributed by atoms with van der Waals surface area (Å²) in [7, 11) is 0. The van der Waals surface area contributed by atoms with Crippen LogP contribution in [0.4, 0.5) is 5.69 Å². The fourth-order valence-electron chi connectivity index (χ4n) is 4.42. The van der Waals surface area contributed by atoms with Gasteiger partial charge in [0.2, 0.25) is 0 Å². The van der Waals surface area contributed by atoms with Gasteiger partial charge in [-0.25, -0.2) is 15.0 Å². The summed E-state index contributed by atoms with van der Waals surface area (Å²) in [5, 5.41) is 8.16. The third-order valence-corrected chi connectivity index (χ3v) is 6.46. The van der Waals surface area contributed by atoms with E-state index in [1.807, 2.05) is 12.1 Å². The van der Waals surface area contributed by atoms with E-state index in [0.717, 1.165) is 18.4 Å². The molecule has 6 rings (SSSR count). The van der Waals surface area contributed by atoms with Crippen molar-refractivity contribution in [2.24, 2.45) is 11.7 Å². The van der Waals surface area contributed by atoms with Crippen LogP contribution in [-0.4, -0.2) is 43.6 Å². The average molecular weight is 490 g/mol. The second-order valence-electron chi connectivity index (χ2n) is 8.72. The summed E-state index contributed by atoms with van der Waals surface area (Å²) in [6, 6.07) is 5.44. The normalized spacial score (nSPS) is 15.2. The van der Waals surface area contributed by atoms with Gasteiger partial charge in [-0.3, -0.25) is 19.6 Å². The molecule has 4 heterocycles. The lowest BCUT2D eigenvalue weighted by Gasteiger charge is -2.29. The molecule has 11 heteroatoms. The number of pyridine rings is 1. The highest BCUT2D eigenvalue weighted by molar-refractivity contribution is 6.30. The number of halogens is 1. The molecule has 1 aromatic carbocycles. The first-order valence-electron chi connectivity index (χ1n) is 11.2. The first-order chi connectivity index (χ1) is 17.0. The number of anilines is 1. The van der Waals surface area contributed by atoms with Crippen molar-refractivity contribution in [3.63, 3.8) is 0 Å². The van der Waals surface area contributed by atoms with Gasteiger partial charge in [0.1, 0.15) is 11.6 Å². The number of H-pyrrole nitrogens is 1. The van der Waals surface area contributed by atoms with Crippen LogP contribution >= 0.6 is 11.6 Å². The van der Waals surface area contributed by atoms with E-state index >= 15 is 0 Å². The van der Waals surface area contributed by atoms with Crippen molar-refractivity contribution in [1.29, 1.82) is 0 Å². The number of hydrogen-bond acceptors (Lipinski definition) is 7. The monoisotopic (exact) mass is 489 g/mol. The number of carbonyl (C=O) groups excluding carboxylic acids is 2. The Labute approximate surface area is 204 Å². The van der Waals surface area contributed by atoms with Crippen molar-refractivity contribution in [1.82, 2.24) is 25.1 Å². The Balaban J connectivity index is 1.45. The molecule has 1 fully saturated rings. The molecule has 2 aliphatic rings. The smallest absolute Gasteiger partial charge is 0.265 e. The van der Waals surface area contributed by atoms with E-state index in [4.69, 9.17) is 22.1 Å². The first-order valence-corrected chi connectivity index (χ1v) is 11.6. The molecule has 0 spiro atoms. The van der Waals surface area contributed by atoms with Crippen LogP contribution in [0.1, 0.15) is 34.7 Å². The number of carbonyl (C=O) groups is 2. The van der Waals surface area contributed by atoms with Gasteiger partial charge in [-0.1, -0.05) is 17.7 Å². The number of aromatic nitrogens is 5. The minimum absolute atomic E-state index is 0.128. The van der Waals surface area contributed by atoms with E-state index in [0.29, 0.717) is 62.5 Å². The number of rotatable bonds is 6. The highest BCUT2D eigenvalue weighted by Crippen LogP contribution is 2.41. The number of benzene rings is 1. The predicted molar refractivity (Wildman–Crippen MR) is 128 cm³/mol. The van der Waals surface area contributed by atoms with Gasteiger partial charge in [0.15, 0.2) is 12.3 Å². The van der Waals surface area contributed by atoms with Gasteiger partial charge in [0.05, 0.1) is 34.7 Å². The van der Waals surface area contributed by atoms with Gasteiger partial charge in [0, 0.05) is 23.3 Å². The largest absolute Gasteiger partial charge is 0.482 e. The number of nitrogens with zero attached hydrogens (tertiary/aromatic N) is 5. The average Bonchev–Trinajstić information content (AvgIpc) is 3.54. The fraction of sp³-hybridized carbons (Fsp3) is 0.250. The van der Waals surface area contributed by atoms with Crippen LogP contribution in [0.5, 0.6) is 5.75 Å². The minimum atomic E-state index is -0.540. The molecule has 3 aromatic heterocycles. The zero-order valence-corrected chi connectivity index (χ0v) is 19.2. The Hall–Kier alpha value is -4.05. The number of primary amides is 1. The zero-order valence-electron chi connectivity index (χ0n) is 18.5. The van der Waals surface area contributed by atoms with Crippen LogP contribution in [0.3, 0.4) is 0 Å². The standard InChI is InChI=1S/C24H20ClN7O3/c25-14-7-27-19(28-8-14)10-32-17-4-3-13(6-18(17)35-11-20(32)33)21-15-9-29-31-24(15)30-16(5-12-1-2-12)22(21)23(26)34/h3-4,6-9,12H,1-2,5,10-11H2,(H2,26,34)(H,29,30,31). The second kappa shape index (κ2) is 8.31. The van der Waals surface area contributed by atoms with Crippen LogP contribution in [0, 0.1) is 5.92 Å². The lowest BCUT2D eigenvalue weighted by molar-refractivity contribution is -0.121. The number of ether oxygens (including phenoxy) is 1. The Bertz CT molecular complexity index is 1480. The van der Waals surface area contributed by atoms with Gasteiger partial charge in [-0.05, 0) is 42.9 Å². The molecule has 0 radical (unpaired) electrons. The number of nitrogens with one attached hydrogen (secondary N) is 1. The molecule has 2 amide bonds. The lowest BCUT2D eigenvalue weighted by atomic mass is 9.93. The first kappa shape index (κ1) is 21.5. The second-order valence-corrected chi connectivity index (χ2v) is 9.16. The predicted octanol–water partition coefficient (Wildman–Crippen LogP) is 3.05. The maximum Gasteiger partial charge on any atom is 0.265 e. The number of aromatic amines is 1. The fourth-order valence-corrected chi connectivity index (χ4v) is 4.52. The lowest BCUT2D eigenvalue weighted by Crippen LogP contribution is -2.38. The maximum absolute atomic E-state index is 12.7. The minimum Gasteiger partial charge on any atom is -0.482 e. The third-order valence-electron chi connectivity index (χ3n) is 6.26. The van der Waals surface area contributed by atoms with Crippen LogP contribution < -0.4 is 15.4 Å². The highest BCUT2D eigenvalue weighted by atomic mass is 35.5. The highest BCUT2D eigenvalue weighted by Gasteiger charge is 2.30. The molecular weight excluding hydrogens is 470 g/mol. The summed E-state index contributed by atoms with van der Waals surface area (Å²) in [5.41, 5.74) is 9.48. The topological polar surface area (TPSA) is 140 Å². The van der Waals surface area contributed by atoms with E-state index in [9.17, 15) is 9.59 Å². The van der Waals surface area contributed by atoms with Gasteiger partial charge < -0.3 is 10.5 Å². The SMILES string of the molecule is NC(=O)c1c(CC2CC2)nc2[nH]ncc2c1-c1ccc2c(c1)OCC(=O)N2Cc1ncc(Cl)cn1. The van der Waals surface area contributed by atoms with Gasteiger partial charge in [0.25, 0.3) is 11.8 Å². The molecule has 1 aliphatic heterocycles. The molecule has 10 nitrogen and oxygen atoms in total. The summed E-state index contributed by atoms with van der Waals surface area (Å²) >= 11 is 5.88. The van der Waals surface area contributed by atoms with Gasteiger partial charge in [-0.2, -0.15) is 5.10 Å². The van der Waals surface area contributed by atoms with Crippen molar-refractivity contribution in [3.05, 3.63) is 58.9 Å². The molecule has 3 N–H and O–H groups in total. The molecule has 176 valence electrons. The third kappa shape index (κ3) is 3.95. The van der Waals surface area contributed by atoms with E-state index in [2.05, 4.69) is 25.1 Å². The Morgan fingerprint density at radius 2 is 2.03 bits per heavy atom. The van der Waals surface area contributed by atoms with E-state index in [-0.39, 0.29) is 19.1 Å². The Kier molecular flexibility index (Phi) is 5.10. The molecule has 4 aromatic rings. The number of hydrogen-bond donors (Lipinski definition) is 2. The van der Waals surface area contributed by atoms with Crippen LogP contribution in [0.25, 0.3) is 22.2 Å². The molecular formula is C24H20ClN7O3. The zero-order chi connectivity index (χ0) is 24.1. The molecule has 35 heavy (non-hydrogen) atoms. The van der Waals surface area contributed by atoms with Crippen molar-refractivity contribution in [3.8, 4) is 16.9 Å². The molecule has 1 saturated carbocycles. The maximum atomic E-state index is 12.7. The van der Waals surface area contributed by atoms with E-state index < -0.39 is 5.91 Å². The number of amides is 2. The molecule has 1 aliphatic carbocycles.